The van der Waals surface area contributed by atoms with E-state index in [1.54, 1.807) is 0 Å². The molecule has 1 amide bonds. The summed E-state index contributed by atoms with van der Waals surface area (Å²) in [6.45, 7) is 4.87. The third-order valence-corrected chi connectivity index (χ3v) is 3.36. The second-order valence-corrected chi connectivity index (χ2v) is 5.66. The van der Waals surface area contributed by atoms with E-state index in [-0.39, 0.29) is 11.9 Å². The van der Waals surface area contributed by atoms with Gasteiger partial charge < -0.3 is 21.5 Å². The van der Waals surface area contributed by atoms with E-state index in [1.165, 1.54) is 0 Å². The van der Waals surface area contributed by atoms with Gasteiger partial charge in [0.1, 0.15) is 6.04 Å². The van der Waals surface area contributed by atoms with E-state index in [9.17, 15) is 9.59 Å². The molecule has 6 heteroatoms. The summed E-state index contributed by atoms with van der Waals surface area (Å²) in [6, 6.07) is -1.33. The molecule has 0 aromatic rings. The van der Waals surface area contributed by atoms with Crippen molar-refractivity contribution in [1.29, 1.82) is 0 Å². The highest BCUT2D eigenvalue weighted by atomic mass is 16.4. The van der Waals surface area contributed by atoms with Crippen LogP contribution in [0, 0.1) is 5.92 Å². The van der Waals surface area contributed by atoms with Crippen LogP contribution >= 0.6 is 0 Å². The van der Waals surface area contributed by atoms with Crippen LogP contribution in [0.2, 0.25) is 0 Å². The third-order valence-electron chi connectivity index (χ3n) is 3.36. The number of amides is 1. The summed E-state index contributed by atoms with van der Waals surface area (Å²) >= 11 is 0. The van der Waals surface area contributed by atoms with Gasteiger partial charge in [0.15, 0.2) is 0 Å². The monoisotopic (exact) mass is 271 g/mol. The predicted molar refractivity (Wildman–Crippen MR) is 72.6 cm³/mol. The summed E-state index contributed by atoms with van der Waals surface area (Å²) in [6.07, 6.45) is 2.98. The number of carboxylic acids is 1. The van der Waals surface area contributed by atoms with Gasteiger partial charge in [-0.2, -0.15) is 0 Å². The van der Waals surface area contributed by atoms with Gasteiger partial charge in [-0.25, -0.2) is 4.79 Å². The van der Waals surface area contributed by atoms with Crippen LogP contribution in [0.1, 0.15) is 39.5 Å². The topological polar surface area (TPSA) is 104 Å². The summed E-state index contributed by atoms with van der Waals surface area (Å²) in [7, 11) is 0. The Morgan fingerprint density at radius 1 is 1.47 bits per heavy atom. The highest BCUT2D eigenvalue weighted by molar-refractivity contribution is 5.86. The summed E-state index contributed by atoms with van der Waals surface area (Å²) in [5.41, 5.74) is 5.75. The third kappa shape index (κ3) is 5.57. The summed E-state index contributed by atoms with van der Waals surface area (Å²) in [5, 5.41) is 14.9. The van der Waals surface area contributed by atoms with Crippen LogP contribution < -0.4 is 16.4 Å². The molecule has 19 heavy (non-hydrogen) atoms. The molecule has 0 aromatic carbocycles. The van der Waals surface area contributed by atoms with E-state index in [1.807, 2.05) is 13.8 Å². The standard InChI is InChI=1S/C13H25N3O3/c1-8(2)6-10(14)12(17)16-11(13(18)19)7-9-4-3-5-15-9/h8-11,15H,3-7,14H2,1-2H3,(H,16,17)(H,18,19)/t9?,10-,11-/m0/s1. The first kappa shape index (κ1) is 15.9. The molecule has 1 rings (SSSR count). The van der Waals surface area contributed by atoms with Gasteiger partial charge in [0.25, 0.3) is 0 Å². The molecular weight excluding hydrogens is 246 g/mol. The van der Waals surface area contributed by atoms with E-state index in [0.29, 0.717) is 18.8 Å². The predicted octanol–water partition coefficient (Wildman–Crippen LogP) is 0.0713. The van der Waals surface area contributed by atoms with Crippen molar-refractivity contribution < 1.29 is 14.7 Å². The van der Waals surface area contributed by atoms with Gasteiger partial charge in [0.2, 0.25) is 5.91 Å². The van der Waals surface area contributed by atoms with Crippen LogP contribution in [0.15, 0.2) is 0 Å². The van der Waals surface area contributed by atoms with Crippen molar-refractivity contribution in [3.05, 3.63) is 0 Å². The smallest absolute Gasteiger partial charge is 0.326 e. The van der Waals surface area contributed by atoms with Crippen molar-refractivity contribution >= 4 is 11.9 Å². The van der Waals surface area contributed by atoms with Crippen molar-refractivity contribution in [3.8, 4) is 0 Å². The van der Waals surface area contributed by atoms with E-state index in [4.69, 9.17) is 10.8 Å². The molecular formula is C13H25N3O3. The Morgan fingerprint density at radius 2 is 2.16 bits per heavy atom. The lowest BCUT2D eigenvalue weighted by atomic mass is 10.0. The molecule has 0 aliphatic carbocycles. The zero-order valence-corrected chi connectivity index (χ0v) is 11.7. The highest BCUT2D eigenvalue weighted by Gasteiger charge is 2.27. The van der Waals surface area contributed by atoms with Crippen LogP contribution in [0.25, 0.3) is 0 Å². The van der Waals surface area contributed by atoms with Crippen molar-refractivity contribution in [2.75, 3.05) is 6.54 Å². The maximum atomic E-state index is 11.8. The first-order valence-electron chi connectivity index (χ1n) is 6.92. The van der Waals surface area contributed by atoms with E-state index >= 15 is 0 Å². The number of carbonyl (C=O) groups excluding carboxylic acids is 1. The summed E-state index contributed by atoms with van der Waals surface area (Å²) in [5.74, 6) is -1.07. The fraction of sp³-hybridized carbons (Fsp3) is 0.846. The molecule has 0 aromatic heterocycles. The molecule has 0 spiro atoms. The average molecular weight is 271 g/mol. The minimum atomic E-state index is -1.00. The summed E-state index contributed by atoms with van der Waals surface area (Å²) < 4.78 is 0. The molecule has 0 bridgehead atoms. The Kier molecular flexibility index (Phi) is 6.24. The quantitative estimate of drug-likeness (QED) is 0.524. The lowest BCUT2D eigenvalue weighted by molar-refractivity contribution is -0.142. The molecule has 0 saturated carbocycles. The number of carboxylic acid groups (broad SMARTS) is 1. The Bertz CT molecular complexity index is 314. The van der Waals surface area contributed by atoms with Gasteiger partial charge in [-0.3, -0.25) is 4.79 Å². The number of aliphatic carboxylic acids is 1. The van der Waals surface area contributed by atoms with Gasteiger partial charge in [-0.05, 0) is 38.1 Å². The fourth-order valence-electron chi connectivity index (χ4n) is 2.36. The van der Waals surface area contributed by atoms with Crippen LogP contribution in [-0.2, 0) is 9.59 Å². The molecule has 1 fully saturated rings. The first-order chi connectivity index (χ1) is 8.90. The van der Waals surface area contributed by atoms with Gasteiger partial charge in [-0.1, -0.05) is 13.8 Å². The number of rotatable bonds is 7. The van der Waals surface area contributed by atoms with Crippen molar-refractivity contribution in [1.82, 2.24) is 10.6 Å². The van der Waals surface area contributed by atoms with Crippen molar-refractivity contribution in [3.63, 3.8) is 0 Å². The number of nitrogens with one attached hydrogen (secondary N) is 2. The number of hydrogen-bond acceptors (Lipinski definition) is 4. The minimum Gasteiger partial charge on any atom is -0.480 e. The molecule has 5 N–H and O–H groups in total. The molecule has 6 nitrogen and oxygen atoms in total. The average Bonchev–Trinajstić information content (AvgIpc) is 2.79. The lowest BCUT2D eigenvalue weighted by Gasteiger charge is -2.21. The van der Waals surface area contributed by atoms with Crippen molar-refractivity contribution in [2.24, 2.45) is 11.7 Å². The maximum Gasteiger partial charge on any atom is 0.326 e. The summed E-state index contributed by atoms with van der Waals surface area (Å²) in [4.78, 5) is 23.0. The fourth-order valence-corrected chi connectivity index (χ4v) is 2.36. The van der Waals surface area contributed by atoms with Crippen LogP contribution in [0.5, 0.6) is 0 Å². The SMILES string of the molecule is CC(C)C[C@H](N)C(=O)N[C@@H](CC1CCCN1)C(=O)O. The van der Waals surface area contributed by atoms with E-state index in [0.717, 1.165) is 19.4 Å². The molecule has 1 heterocycles. The van der Waals surface area contributed by atoms with Crippen LogP contribution in [0.4, 0.5) is 0 Å². The minimum absolute atomic E-state index is 0.169. The van der Waals surface area contributed by atoms with Crippen LogP contribution in [-0.4, -0.2) is 41.7 Å². The number of nitrogens with two attached hydrogens (primary N) is 1. The highest BCUT2D eigenvalue weighted by Crippen LogP contribution is 2.12. The Balaban J connectivity index is 2.47. The first-order valence-corrected chi connectivity index (χ1v) is 6.92. The van der Waals surface area contributed by atoms with Crippen molar-refractivity contribution in [2.45, 2.75) is 57.7 Å². The zero-order valence-electron chi connectivity index (χ0n) is 11.7. The molecule has 1 aliphatic rings. The second kappa shape index (κ2) is 7.45. The molecule has 0 radical (unpaired) electrons. The van der Waals surface area contributed by atoms with Crippen LogP contribution in [0.3, 0.4) is 0 Å². The van der Waals surface area contributed by atoms with E-state index in [2.05, 4.69) is 10.6 Å². The Hall–Kier alpha value is -1.14. The van der Waals surface area contributed by atoms with Gasteiger partial charge in [0.05, 0.1) is 6.04 Å². The molecule has 3 atom stereocenters. The molecule has 1 saturated heterocycles. The maximum absolute atomic E-state index is 11.8. The van der Waals surface area contributed by atoms with Gasteiger partial charge in [-0.15, -0.1) is 0 Å². The molecule has 110 valence electrons. The van der Waals surface area contributed by atoms with Gasteiger partial charge in [0, 0.05) is 6.04 Å². The molecule has 1 unspecified atom stereocenters. The number of hydrogen-bond donors (Lipinski definition) is 4. The Morgan fingerprint density at radius 3 is 2.63 bits per heavy atom. The number of carbonyl (C=O) groups is 2. The lowest BCUT2D eigenvalue weighted by Crippen LogP contribution is -2.50. The zero-order chi connectivity index (χ0) is 14.4. The normalized spacial score (nSPS) is 22.2. The Labute approximate surface area is 114 Å². The largest absolute Gasteiger partial charge is 0.480 e. The molecule has 1 aliphatic heterocycles. The second-order valence-electron chi connectivity index (χ2n) is 5.66. The van der Waals surface area contributed by atoms with E-state index < -0.39 is 18.1 Å². The van der Waals surface area contributed by atoms with Gasteiger partial charge >= 0.3 is 5.97 Å².